The van der Waals surface area contributed by atoms with E-state index in [1.807, 2.05) is 43.3 Å². The van der Waals surface area contributed by atoms with Gasteiger partial charge in [-0.05, 0) is 86.9 Å². The van der Waals surface area contributed by atoms with Gasteiger partial charge in [0.15, 0.2) is 5.82 Å². The van der Waals surface area contributed by atoms with E-state index in [1.165, 1.54) is 12.8 Å². The third-order valence-electron chi connectivity index (χ3n) is 9.62. The third kappa shape index (κ3) is 3.94. The zero-order valence-electron chi connectivity index (χ0n) is 24.2. The number of carbonyl (C=O) groups is 1. The van der Waals surface area contributed by atoms with Crippen molar-refractivity contribution in [2.24, 2.45) is 24.6 Å². The highest BCUT2D eigenvalue weighted by molar-refractivity contribution is 6.00. The fraction of sp³-hybridized carbons (Fsp3) is 0.394. The molecule has 0 unspecified atom stereocenters. The Labute approximate surface area is 244 Å². The topological polar surface area (TPSA) is 104 Å². The van der Waals surface area contributed by atoms with Crippen molar-refractivity contribution in [2.75, 3.05) is 13.7 Å². The number of carbonyl (C=O) groups excluding carboxylic acids is 1. The molecule has 5 aromatic rings. The van der Waals surface area contributed by atoms with Gasteiger partial charge in [0.25, 0.3) is 5.91 Å². The van der Waals surface area contributed by atoms with Crippen molar-refractivity contribution < 1.29 is 9.53 Å². The summed E-state index contributed by atoms with van der Waals surface area (Å²) in [5.74, 6) is 2.52. The van der Waals surface area contributed by atoms with Gasteiger partial charge in [-0.1, -0.05) is 0 Å². The summed E-state index contributed by atoms with van der Waals surface area (Å²) >= 11 is 0. The second-order valence-corrected chi connectivity index (χ2v) is 12.4. The highest BCUT2D eigenvalue weighted by Crippen LogP contribution is 2.40. The average Bonchev–Trinajstić information content (AvgIpc) is 3.40. The van der Waals surface area contributed by atoms with Crippen LogP contribution in [0.2, 0.25) is 0 Å². The molecule has 42 heavy (non-hydrogen) atoms. The van der Waals surface area contributed by atoms with Gasteiger partial charge in [-0.2, -0.15) is 0 Å². The molecular formula is C33H35N7O2. The zero-order valence-corrected chi connectivity index (χ0v) is 24.2. The van der Waals surface area contributed by atoms with Crippen molar-refractivity contribution in [3.63, 3.8) is 0 Å². The Hall–Kier alpha value is -4.24. The summed E-state index contributed by atoms with van der Waals surface area (Å²) in [5, 5.41) is 1.08. The molecule has 8 rings (SSSR count). The molecule has 2 bridgehead atoms. The lowest BCUT2D eigenvalue weighted by molar-refractivity contribution is 0.0700. The number of rotatable bonds is 6. The van der Waals surface area contributed by atoms with Crippen molar-refractivity contribution in [3.05, 3.63) is 59.9 Å². The van der Waals surface area contributed by atoms with Crippen molar-refractivity contribution in [1.82, 2.24) is 29.0 Å². The minimum atomic E-state index is 0.0102. The van der Waals surface area contributed by atoms with Gasteiger partial charge in [0.1, 0.15) is 16.9 Å². The molecular weight excluding hydrogens is 526 g/mol. The summed E-state index contributed by atoms with van der Waals surface area (Å²) in [6.07, 6.45) is 6.37. The maximum absolute atomic E-state index is 13.7. The highest BCUT2D eigenvalue weighted by atomic mass is 16.5. The molecule has 0 spiro atoms. The molecule has 3 atom stereocenters. The van der Waals surface area contributed by atoms with Crippen LogP contribution in [-0.2, 0) is 13.6 Å². The van der Waals surface area contributed by atoms with E-state index in [4.69, 9.17) is 20.4 Å². The van der Waals surface area contributed by atoms with Crippen LogP contribution in [-0.4, -0.2) is 60.6 Å². The highest BCUT2D eigenvalue weighted by Gasteiger charge is 2.47. The quantitative estimate of drug-likeness (QED) is 0.315. The molecule has 214 valence electrons. The second-order valence-electron chi connectivity index (χ2n) is 12.4. The van der Waals surface area contributed by atoms with Gasteiger partial charge in [0.2, 0.25) is 0 Å². The largest absolute Gasteiger partial charge is 0.494 e. The van der Waals surface area contributed by atoms with E-state index in [9.17, 15) is 4.79 Å². The van der Waals surface area contributed by atoms with E-state index in [-0.39, 0.29) is 18.0 Å². The van der Waals surface area contributed by atoms with E-state index in [1.54, 1.807) is 7.11 Å². The Kier molecular flexibility index (Phi) is 5.69. The zero-order chi connectivity index (χ0) is 28.7. The number of likely N-dealkylation sites (tertiary alicyclic amines) is 1. The van der Waals surface area contributed by atoms with E-state index in [0.717, 1.165) is 76.5 Å². The molecule has 1 amide bonds. The van der Waals surface area contributed by atoms with Crippen LogP contribution in [0.25, 0.3) is 44.8 Å². The Morgan fingerprint density at radius 1 is 1.07 bits per heavy atom. The van der Waals surface area contributed by atoms with Crippen LogP contribution in [0.4, 0.5) is 0 Å². The first-order chi connectivity index (χ1) is 20.4. The first-order valence-corrected chi connectivity index (χ1v) is 14.9. The maximum Gasteiger partial charge on any atom is 0.254 e. The number of hydrogen-bond acceptors (Lipinski definition) is 6. The monoisotopic (exact) mass is 561 g/mol. The number of benzene rings is 1. The smallest absolute Gasteiger partial charge is 0.254 e. The van der Waals surface area contributed by atoms with Crippen molar-refractivity contribution in [3.8, 4) is 28.5 Å². The van der Waals surface area contributed by atoms with E-state index in [0.29, 0.717) is 23.1 Å². The molecule has 1 saturated heterocycles. The fourth-order valence-corrected chi connectivity index (χ4v) is 7.19. The molecule has 3 fully saturated rings. The Bertz CT molecular complexity index is 1880. The number of piperidine rings is 1. The lowest BCUT2D eigenvalue weighted by Crippen LogP contribution is -2.41. The molecule has 4 aromatic heterocycles. The molecule has 1 aromatic carbocycles. The minimum absolute atomic E-state index is 0.0102. The Morgan fingerprint density at radius 2 is 1.93 bits per heavy atom. The maximum atomic E-state index is 13.7. The van der Waals surface area contributed by atoms with Gasteiger partial charge >= 0.3 is 0 Å². The summed E-state index contributed by atoms with van der Waals surface area (Å²) < 4.78 is 10.3. The summed E-state index contributed by atoms with van der Waals surface area (Å²) in [7, 11) is 3.67. The SMILES string of the molecule is COc1cc(C(=O)N2C[C@H]3CC[C@@H]2[C@@H]3N)cc2nc(-c3cc4ccc(-c5ccnc(C)c5)nc4n3CC3CC3)n(C)c12. The molecule has 2 N–H and O–H groups in total. The summed E-state index contributed by atoms with van der Waals surface area (Å²) in [5.41, 5.74) is 13.6. The van der Waals surface area contributed by atoms with Crippen molar-refractivity contribution in [1.29, 1.82) is 0 Å². The number of hydrogen-bond donors (Lipinski definition) is 1. The minimum Gasteiger partial charge on any atom is -0.494 e. The number of amides is 1. The Balaban J connectivity index is 1.25. The third-order valence-corrected chi connectivity index (χ3v) is 9.62. The predicted octanol–water partition coefficient (Wildman–Crippen LogP) is 4.94. The number of imidazole rings is 1. The van der Waals surface area contributed by atoms with Gasteiger partial charge < -0.3 is 24.5 Å². The number of nitrogens with zero attached hydrogens (tertiary/aromatic N) is 6. The van der Waals surface area contributed by atoms with E-state index >= 15 is 0 Å². The first kappa shape index (κ1) is 25.5. The fourth-order valence-electron chi connectivity index (χ4n) is 7.19. The lowest BCUT2D eigenvalue weighted by Gasteiger charge is -2.27. The van der Waals surface area contributed by atoms with Gasteiger partial charge in [-0.25, -0.2) is 9.97 Å². The molecule has 5 heterocycles. The van der Waals surface area contributed by atoms with Gasteiger partial charge in [-0.3, -0.25) is 9.78 Å². The van der Waals surface area contributed by atoms with Gasteiger partial charge in [-0.15, -0.1) is 0 Å². The number of pyridine rings is 2. The van der Waals surface area contributed by atoms with E-state index < -0.39 is 0 Å². The number of ether oxygens (including phenoxy) is 1. The van der Waals surface area contributed by atoms with Crippen LogP contribution in [0.1, 0.15) is 41.7 Å². The van der Waals surface area contributed by atoms with Crippen LogP contribution < -0.4 is 10.5 Å². The number of nitrogens with two attached hydrogens (primary N) is 1. The van der Waals surface area contributed by atoms with Gasteiger partial charge in [0.05, 0.1) is 24.0 Å². The molecule has 0 radical (unpaired) electrons. The molecule has 1 aliphatic heterocycles. The summed E-state index contributed by atoms with van der Waals surface area (Å²) in [6.45, 7) is 3.62. The standard InChI is InChI=1S/C33H35N7O2/c1-18-12-20(10-11-35-18)24-8-6-21-14-27(39(31(21)36-24)16-19-4-5-19)32-37-25-13-23(15-28(42-3)30(25)38(32)2)33(41)40-17-22-7-9-26(40)29(22)34/h6,8,10-15,19,22,26,29H,4-5,7,9,16-17,34H2,1-3H3/t22-,26-,29-/m1/s1. The van der Waals surface area contributed by atoms with Crippen LogP contribution in [0, 0.1) is 18.8 Å². The molecule has 3 aliphatic rings. The van der Waals surface area contributed by atoms with Crippen LogP contribution in [0.15, 0.2) is 48.7 Å². The van der Waals surface area contributed by atoms with Crippen molar-refractivity contribution in [2.45, 2.75) is 51.2 Å². The van der Waals surface area contributed by atoms with Crippen LogP contribution in [0.5, 0.6) is 5.75 Å². The van der Waals surface area contributed by atoms with E-state index in [2.05, 4.69) is 38.4 Å². The number of methoxy groups -OCH3 is 1. The Morgan fingerprint density at radius 3 is 2.64 bits per heavy atom. The summed E-state index contributed by atoms with van der Waals surface area (Å²) in [4.78, 5) is 30.3. The lowest BCUT2D eigenvalue weighted by atomic mass is 10.1. The van der Waals surface area contributed by atoms with Crippen LogP contribution in [0.3, 0.4) is 0 Å². The number of fused-ring (bicyclic) bond motifs is 4. The van der Waals surface area contributed by atoms with Gasteiger partial charge in [0, 0.05) is 60.6 Å². The summed E-state index contributed by atoms with van der Waals surface area (Å²) in [6, 6.07) is 14.5. The normalized spacial score (nSPS) is 21.6. The second kappa shape index (κ2) is 9.39. The first-order valence-electron chi connectivity index (χ1n) is 14.9. The number of aryl methyl sites for hydroxylation is 2. The number of aromatic nitrogens is 5. The predicted molar refractivity (Wildman–Crippen MR) is 162 cm³/mol. The van der Waals surface area contributed by atoms with Crippen molar-refractivity contribution >= 4 is 28.0 Å². The average molecular weight is 562 g/mol. The van der Waals surface area contributed by atoms with Crippen LogP contribution >= 0.6 is 0 Å². The molecule has 9 heteroatoms. The molecule has 2 saturated carbocycles. The molecule has 2 aliphatic carbocycles. The molecule has 9 nitrogen and oxygen atoms in total.